The summed E-state index contributed by atoms with van der Waals surface area (Å²) in [6, 6.07) is 8.53. The van der Waals surface area contributed by atoms with Crippen molar-refractivity contribution in [3.05, 3.63) is 29.8 Å². The Morgan fingerprint density at radius 3 is 3.13 bits per heavy atom. The molecule has 2 rings (SSSR count). The predicted octanol–water partition coefficient (Wildman–Crippen LogP) is 3.15. The Hall–Kier alpha value is -0.960. The van der Waals surface area contributed by atoms with Gasteiger partial charge >= 0.3 is 0 Å². The van der Waals surface area contributed by atoms with Crippen LogP contribution in [0.15, 0.2) is 29.3 Å². The van der Waals surface area contributed by atoms with Gasteiger partial charge in [-0.15, -0.1) is 0 Å². The lowest BCUT2D eigenvalue weighted by molar-refractivity contribution is 0.938. The van der Waals surface area contributed by atoms with Crippen molar-refractivity contribution in [1.82, 2.24) is 0 Å². The van der Waals surface area contributed by atoms with Crippen LogP contribution in [0, 0.1) is 0 Å². The van der Waals surface area contributed by atoms with Gasteiger partial charge in [-0.25, -0.2) is 0 Å². The van der Waals surface area contributed by atoms with E-state index in [-0.39, 0.29) is 0 Å². The van der Waals surface area contributed by atoms with Gasteiger partial charge in [-0.2, -0.15) is 0 Å². The first-order chi connectivity index (χ1) is 7.38. The van der Waals surface area contributed by atoms with Gasteiger partial charge < -0.3 is 5.32 Å². The van der Waals surface area contributed by atoms with Crippen LogP contribution >= 0.6 is 11.8 Å². The van der Waals surface area contributed by atoms with E-state index in [1.807, 2.05) is 11.8 Å². The summed E-state index contributed by atoms with van der Waals surface area (Å²) < 4.78 is 0. The van der Waals surface area contributed by atoms with Crippen LogP contribution in [-0.4, -0.2) is 17.5 Å². The molecule has 3 heteroatoms. The van der Waals surface area contributed by atoms with E-state index < -0.39 is 0 Å². The third-order valence-electron chi connectivity index (χ3n) is 2.38. The Morgan fingerprint density at radius 2 is 2.40 bits per heavy atom. The summed E-state index contributed by atoms with van der Waals surface area (Å²) in [5.74, 6) is 1.18. The fourth-order valence-electron chi connectivity index (χ4n) is 1.53. The van der Waals surface area contributed by atoms with E-state index in [0.717, 1.165) is 23.8 Å². The van der Waals surface area contributed by atoms with Gasteiger partial charge in [0.15, 0.2) is 5.17 Å². The lowest BCUT2D eigenvalue weighted by Crippen LogP contribution is -2.13. The van der Waals surface area contributed by atoms with Crippen LogP contribution in [0.2, 0.25) is 0 Å². The van der Waals surface area contributed by atoms with Crippen molar-refractivity contribution in [2.45, 2.75) is 19.8 Å². The van der Waals surface area contributed by atoms with Crippen LogP contribution in [0.25, 0.3) is 0 Å². The van der Waals surface area contributed by atoms with Crippen LogP contribution in [0.1, 0.15) is 18.9 Å². The SMILES string of the molecule is CCc1cccc(NC2=NCCCS2)c1. The Balaban J connectivity index is 2.06. The maximum Gasteiger partial charge on any atom is 0.161 e. The van der Waals surface area contributed by atoms with Gasteiger partial charge in [-0.1, -0.05) is 30.8 Å². The second kappa shape index (κ2) is 5.21. The number of benzene rings is 1. The van der Waals surface area contributed by atoms with Gasteiger partial charge in [0.25, 0.3) is 0 Å². The van der Waals surface area contributed by atoms with Crippen molar-refractivity contribution in [2.75, 3.05) is 17.6 Å². The van der Waals surface area contributed by atoms with Crippen LogP contribution < -0.4 is 5.32 Å². The predicted molar refractivity (Wildman–Crippen MR) is 68.8 cm³/mol. The second-order valence-electron chi connectivity index (χ2n) is 3.57. The van der Waals surface area contributed by atoms with Crippen molar-refractivity contribution in [3.63, 3.8) is 0 Å². The molecule has 0 saturated carbocycles. The third-order valence-corrected chi connectivity index (χ3v) is 3.38. The van der Waals surface area contributed by atoms with Gasteiger partial charge in [0.2, 0.25) is 0 Å². The minimum Gasteiger partial charge on any atom is -0.335 e. The van der Waals surface area contributed by atoms with E-state index in [2.05, 4.69) is 41.5 Å². The fourth-order valence-corrected chi connectivity index (χ4v) is 2.37. The number of hydrogen-bond donors (Lipinski definition) is 1. The molecular formula is C12H16N2S. The number of amidine groups is 1. The molecule has 0 fully saturated rings. The van der Waals surface area contributed by atoms with Crippen LogP contribution in [0.4, 0.5) is 5.69 Å². The molecule has 1 aliphatic heterocycles. The minimum absolute atomic E-state index is 0.961. The molecule has 1 aromatic carbocycles. The van der Waals surface area contributed by atoms with E-state index in [1.165, 1.54) is 17.7 Å². The summed E-state index contributed by atoms with van der Waals surface area (Å²) in [5, 5.41) is 4.43. The van der Waals surface area contributed by atoms with E-state index in [0.29, 0.717) is 0 Å². The number of rotatable bonds is 2. The van der Waals surface area contributed by atoms with Crippen molar-refractivity contribution in [3.8, 4) is 0 Å². The summed E-state index contributed by atoms with van der Waals surface area (Å²) in [7, 11) is 0. The molecule has 1 heterocycles. The highest BCUT2D eigenvalue weighted by molar-refractivity contribution is 8.14. The minimum atomic E-state index is 0.961. The first-order valence-electron chi connectivity index (χ1n) is 5.41. The maximum atomic E-state index is 4.45. The van der Waals surface area contributed by atoms with Gasteiger partial charge in [0.05, 0.1) is 0 Å². The molecule has 0 spiro atoms. The number of aliphatic imine (C=N–C) groups is 1. The van der Waals surface area contributed by atoms with Gasteiger partial charge in [-0.05, 0) is 30.5 Å². The monoisotopic (exact) mass is 220 g/mol. The lowest BCUT2D eigenvalue weighted by atomic mass is 10.1. The average molecular weight is 220 g/mol. The zero-order chi connectivity index (χ0) is 10.5. The Bertz CT molecular complexity index is 360. The molecule has 0 bridgehead atoms. The molecule has 15 heavy (non-hydrogen) atoms. The summed E-state index contributed by atoms with van der Waals surface area (Å²) in [4.78, 5) is 4.45. The van der Waals surface area contributed by atoms with Crippen LogP contribution in [0.5, 0.6) is 0 Å². The van der Waals surface area contributed by atoms with E-state index in [4.69, 9.17) is 0 Å². The normalized spacial score (nSPS) is 15.9. The summed E-state index contributed by atoms with van der Waals surface area (Å²) >= 11 is 1.81. The number of nitrogens with zero attached hydrogens (tertiary/aromatic N) is 1. The van der Waals surface area contributed by atoms with E-state index in [9.17, 15) is 0 Å². The first-order valence-corrected chi connectivity index (χ1v) is 6.40. The lowest BCUT2D eigenvalue weighted by Gasteiger charge is -2.13. The van der Waals surface area contributed by atoms with Crippen LogP contribution in [0.3, 0.4) is 0 Å². The molecule has 0 atom stereocenters. The Kier molecular flexibility index (Phi) is 3.67. The van der Waals surface area contributed by atoms with Crippen molar-refractivity contribution in [2.24, 2.45) is 4.99 Å². The van der Waals surface area contributed by atoms with Crippen molar-refractivity contribution in [1.29, 1.82) is 0 Å². The molecule has 1 N–H and O–H groups in total. The summed E-state index contributed by atoms with van der Waals surface area (Å²) in [6.07, 6.45) is 2.28. The molecular weight excluding hydrogens is 204 g/mol. The van der Waals surface area contributed by atoms with Gasteiger partial charge in [0, 0.05) is 18.0 Å². The molecule has 0 radical (unpaired) electrons. The summed E-state index contributed by atoms with van der Waals surface area (Å²) in [5.41, 5.74) is 2.52. The van der Waals surface area contributed by atoms with Gasteiger partial charge in [-0.3, -0.25) is 4.99 Å². The highest BCUT2D eigenvalue weighted by Gasteiger charge is 2.05. The average Bonchev–Trinajstić information content (AvgIpc) is 2.31. The largest absolute Gasteiger partial charge is 0.335 e. The smallest absolute Gasteiger partial charge is 0.161 e. The molecule has 1 aromatic rings. The molecule has 0 amide bonds. The molecule has 2 nitrogen and oxygen atoms in total. The van der Waals surface area contributed by atoms with Crippen molar-refractivity contribution < 1.29 is 0 Å². The molecule has 80 valence electrons. The van der Waals surface area contributed by atoms with Crippen LogP contribution in [-0.2, 0) is 6.42 Å². The number of thioether (sulfide) groups is 1. The molecule has 0 saturated heterocycles. The highest BCUT2D eigenvalue weighted by Crippen LogP contribution is 2.17. The molecule has 0 unspecified atom stereocenters. The van der Waals surface area contributed by atoms with Crippen molar-refractivity contribution >= 4 is 22.6 Å². The molecule has 1 aliphatic rings. The maximum absolute atomic E-state index is 4.45. The quantitative estimate of drug-likeness (QED) is 0.828. The standard InChI is InChI=1S/C12H16N2S/c1-2-10-5-3-6-11(9-10)14-12-13-7-4-8-15-12/h3,5-6,9H,2,4,7-8H2,1H3,(H,13,14). The van der Waals surface area contributed by atoms with Gasteiger partial charge in [0.1, 0.15) is 0 Å². The number of anilines is 1. The first kappa shape index (κ1) is 10.6. The highest BCUT2D eigenvalue weighted by atomic mass is 32.2. The molecule has 0 aliphatic carbocycles. The summed E-state index contributed by atoms with van der Waals surface area (Å²) in [6.45, 7) is 3.13. The Morgan fingerprint density at radius 1 is 1.47 bits per heavy atom. The zero-order valence-corrected chi connectivity index (χ0v) is 9.81. The zero-order valence-electron chi connectivity index (χ0n) is 8.99. The number of hydrogen-bond acceptors (Lipinski definition) is 3. The second-order valence-corrected chi connectivity index (χ2v) is 4.65. The third kappa shape index (κ3) is 2.99. The van der Waals surface area contributed by atoms with E-state index in [1.54, 1.807) is 0 Å². The Labute approximate surface area is 95.2 Å². The van der Waals surface area contributed by atoms with E-state index >= 15 is 0 Å². The topological polar surface area (TPSA) is 24.4 Å². The fraction of sp³-hybridized carbons (Fsp3) is 0.417. The number of aryl methyl sites for hydroxylation is 1. The molecule has 0 aromatic heterocycles. The number of nitrogens with one attached hydrogen (secondary N) is 1.